The number of aliphatic carboxylic acids is 1. The summed E-state index contributed by atoms with van der Waals surface area (Å²) in [6.07, 6.45) is 3.40. The number of benzene rings is 1. The Bertz CT molecular complexity index is 531. The van der Waals surface area contributed by atoms with Crippen LogP contribution in [0, 0.1) is 0 Å². The van der Waals surface area contributed by atoms with Crippen molar-refractivity contribution in [3.8, 4) is 0 Å². The number of hydrogen-bond donors (Lipinski definition) is 2. The van der Waals surface area contributed by atoms with Gasteiger partial charge in [-0.25, -0.2) is 13.2 Å². The molecule has 0 spiro atoms. The lowest BCUT2D eigenvalue weighted by Crippen LogP contribution is -2.08. The zero-order valence-electron chi connectivity index (χ0n) is 9.20. The average Bonchev–Trinajstić information content (AvgIpc) is 2.25. The number of hydrogen-bond acceptors (Lipinski definition) is 4. The number of sulfone groups is 1. The molecule has 0 fully saturated rings. The van der Waals surface area contributed by atoms with E-state index in [1.54, 1.807) is 12.1 Å². The molecule has 1 rings (SSSR count). The number of carboxylic acid groups (broad SMARTS) is 1. The molecule has 0 heterocycles. The third-order valence-corrected chi connectivity index (χ3v) is 3.27. The van der Waals surface area contributed by atoms with Crippen molar-refractivity contribution in [2.45, 2.75) is 10.9 Å². The lowest BCUT2D eigenvalue weighted by Gasteiger charge is -2.07. The van der Waals surface area contributed by atoms with Crippen LogP contribution in [0.2, 0.25) is 0 Å². The Morgan fingerprint density at radius 2 is 1.88 bits per heavy atom. The Morgan fingerprint density at radius 3 is 2.29 bits per heavy atom. The van der Waals surface area contributed by atoms with E-state index in [2.05, 4.69) is 0 Å². The minimum atomic E-state index is -3.22. The van der Waals surface area contributed by atoms with E-state index in [0.717, 1.165) is 12.3 Å². The summed E-state index contributed by atoms with van der Waals surface area (Å²) in [7, 11) is -3.22. The van der Waals surface area contributed by atoms with Crippen LogP contribution >= 0.6 is 0 Å². The topological polar surface area (TPSA) is 97.5 Å². The van der Waals surface area contributed by atoms with Crippen molar-refractivity contribution >= 4 is 15.8 Å². The molecule has 0 bridgehead atoms. The lowest BCUT2D eigenvalue weighted by molar-refractivity contribution is -0.131. The smallest absolute Gasteiger partial charge is 0.328 e. The third kappa shape index (κ3) is 4.01. The van der Waals surface area contributed by atoms with Gasteiger partial charge < -0.3 is 10.8 Å². The predicted octanol–water partition coefficient (Wildman–Crippen LogP) is 0.731. The summed E-state index contributed by atoms with van der Waals surface area (Å²) >= 11 is 0. The van der Waals surface area contributed by atoms with Crippen LogP contribution in [-0.2, 0) is 14.6 Å². The van der Waals surface area contributed by atoms with E-state index in [9.17, 15) is 13.2 Å². The molecule has 0 saturated carbocycles. The van der Waals surface area contributed by atoms with E-state index in [1.165, 1.54) is 18.2 Å². The van der Waals surface area contributed by atoms with Crippen molar-refractivity contribution in [3.05, 3.63) is 42.0 Å². The number of carbonyl (C=O) groups is 1. The summed E-state index contributed by atoms with van der Waals surface area (Å²) < 4.78 is 22.4. The maximum absolute atomic E-state index is 11.2. The van der Waals surface area contributed by atoms with Crippen molar-refractivity contribution in [2.24, 2.45) is 5.73 Å². The molecule has 5 nitrogen and oxygen atoms in total. The first kappa shape index (κ1) is 13.4. The van der Waals surface area contributed by atoms with Crippen LogP contribution < -0.4 is 5.73 Å². The standard InChI is InChI=1S/C11H13NO4S/c1-17(15,16)9-4-2-8(3-5-9)10(12)6-7-11(13)14/h2-7,10H,12H2,1H3,(H,13,14)/b7-6+. The van der Waals surface area contributed by atoms with Gasteiger partial charge in [0.05, 0.1) is 4.90 Å². The first-order valence-corrected chi connectivity index (χ1v) is 6.66. The maximum atomic E-state index is 11.2. The molecule has 0 aliphatic heterocycles. The Labute approximate surface area is 99.5 Å². The highest BCUT2D eigenvalue weighted by atomic mass is 32.2. The van der Waals surface area contributed by atoms with E-state index in [0.29, 0.717) is 5.56 Å². The summed E-state index contributed by atoms with van der Waals surface area (Å²) in [5, 5.41) is 8.44. The number of carboxylic acids is 1. The van der Waals surface area contributed by atoms with E-state index in [4.69, 9.17) is 10.8 Å². The van der Waals surface area contributed by atoms with Crippen molar-refractivity contribution in [1.29, 1.82) is 0 Å². The first-order chi connectivity index (χ1) is 7.80. The van der Waals surface area contributed by atoms with Crippen LogP contribution in [0.3, 0.4) is 0 Å². The molecule has 17 heavy (non-hydrogen) atoms. The quantitative estimate of drug-likeness (QED) is 0.773. The molecular formula is C11H13NO4S. The minimum absolute atomic E-state index is 0.204. The van der Waals surface area contributed by atoms with Gasteiger partial charge in [0.15, 0.2) is 9.84 Å². The predicted molar refractivity (Wildman–Crippen MR) is 63.3 cm³/mol. The second kappa shape index (κ2) is 5.11. The van der Waals surface area contributed by atoms with Crippen LogP contribution in [0.1, 0.15) is 11.6 Å². The molecule has 0 aliphatic rings. The summed E-state index contributed by atoms with van der Waals surface area (Å²) in [4.78, 5) is 10.5. The molecule has 3 N–H and O–H groups in total. The van der Waals surface area contributed by atoms with Crippen molar-refractivity contribution in [2.75, 3.05) is 6.26 Å². The second-order valence-corrected chi connectivity index (χ2v) is 5.58. The molecule has 0 radical (unpaired) electrons. The third-order valence-electron chi connectivity index (χ3n) is 2.14. The van der Waals surface area contributed by atoms with Gasteiger partial charge in [0.25, 0.3) is 0 Å². The van der Waals surface area contributed by atoms with E-state index < -0.39 is 21.8 Å². The van der Waals surface area contributed by atoms with E-state index in [-0.39, 0.29) is 4.90 Å². The Morgan fingerprint density at radius 1 is 1.35 bits per heavy atom. The number of rotatable bonds is 4. The number of nitrogens with two attached hydrogens (primary N) is 1. The molecule has 0 amide bonds. The fraction of sp³-hybridized carbons (Fsp3) is 0.182. The highest BCUT2D eigenvalue weighted by Gasteiger charge is 2.08. The Hall–Kier alpha value is -1.66. The van der Waals surface area contributed by atoms with E-state index >= 15 is 0 Å². The normalized spacial score (nSPS) is 13.8. The largest absolute Gasteiger partial charge is 0.478 e. The first-order valence-electron chi connectivity index (χ1n) is 4.77. The van der Waals surface area contributed by atoms with Crippen LogP contribution in [0.25, 0.3) is 0 Å². The minimum Gasteiger partial charge on any atom is -0.478 e. The zero-order chi connectivity index (χ0) is 13.1. The SMILES string of the molecule is CS(=O)(=O)c1ccc(C(N)/C=C/C(=O)O)cc1. The van der Waals surface area contributed by atoms with Crippen molar-refractivity contribution in [3.63, 3.8) is 0 Å². The Kier molecular flexibility index (Phi) is 4.03. The molecule has 0 saturated heterocycles. The van der Waals surface area contributed by atoms with Crippen LogP contribution in [0.5, 0.6) is 0 Å². The second-order valence-electron chi connectivity index (χ2n) is 3.56. The zero-order valence-corrected chi connectivity index (χ0v) is 10.0. The average molecular weight is 255 g/mol. The van der Waals surface area contributed by atoms with Gasteiger partial charge in [-0.2, -0.15) is 0 Å². The van der Waals surface area contributed by atoms with Gasteiger partial charge >= 0.3 is 5.97 Å². The van der Waals surface area contributed by atoms with Gasteiger partial charge in [-0.3, -0.25) is 0 Å². The van der Waals surface area contributed by atoms with Gasteiger partial charge in [0, 0.05) is 18.4 Å². The molecule has 0 aliphatic carbocycles. The monoisotopic (exact) mass is 255 g/mol. The fourth-order valence-corrected chi connectivity index (χ4v) is 1.86. The van der Waals surface area contributed by atoms with Crippen LogP contribution in [0.4, 0.5) is 0 Å². The molecule has 1 atom stereocenters. The van der Waals surface area contributed by atoms with E-state index in [1.807, 2.05) is 0 Å². The lowest BCUT2D eigenvalue weighted by atomic mass is 10.1. The fourth-order valence-electron chi connectivity index (χ4n) is 1.23. The van der Waals surface area contributed by atoms with Gasteiger partial charge in [-0.05, 0) is 17.7 Å². The summed E-state index contributed by atoms with van der Waals surface area (Å²) in [5.74, 6) is -1.08. The van der Waals surface area contributed by atoms with Crippen molar-refractivity contribution < 1.29 is 18.3 Å². The summed E-state index contributed by atoms with van der Waals surface area (Å²) in [6.45, 7) is 0. The molecule has 1 unspecified atom stereocenters. The van der Waals surface area contributed by atoms with Crippen LogP contribution in [0.15, 0.2) is 41.3 Å². The highest BCUT2D eigenvalue weighted by molar-refractivity contribution is 7.90. The van der Waals surface area contributed by atoms with Gasteiger partial charge in [0.2, 0.25) is 0 Å². The van der Waals surface area contributed by atoms with Gasteiger partial charge in [-0.1, -0.05) is 18.2 Å². The van der Waals surface area contributed by atoms with Crippen molar-refractivity contribution in [1.82, 2.24) is 0 Å². The van der Waals surface area contributed by atoms with Crippen LogP contribution in [-0.4, -0.2) is 25.7 Å². The molecule has 1 aromatic rings. The molecule has 6 heteroatoms. The Balaban J connectivity index is 2.92. The highest BCUT2D eigenvalue weighted by Crippen LogP contribution is 2.15. The molecule has 1 aromatic carbocycles. The summed E-state index contributed by atoms with van der Waals surface area (Å²) in [6, 6.07) is 5.44. The van der Waals surface area contributed by atoms with Gasteiger partial charge in [-0.15, -0.1) is 0 Å². The molecule has 92 valence electrons. The summed E-state index contributed by atoms with van der Waals surface area (Å²) in [5.41, 5.74) is 6.35. The molecule has 0 aromatic heterocycles. The van der Waals surface area contributed by atoms with Gasteiger partial charge in [0.1, 0.15) is 0 Å². The maximum Gasteiger partial charge on any atom is 0.328 e. The molecular weight excluding hydrogens is 242 g/mol.